The number of pyridine rings is 1. The summed E-state index contributed by atoms with van der Waals surface area (Å²) in [5.74, 6) is 0.419. The minimum Gasteiger partial charge on any atom is -0.352 e. The highest BCUT2D eigenvalue weighted by molar-refractivity contribution is 5.97. The molecule has 7 nitrogen and oxygen atoms in total. The van der Waals surface area contributed by atoms with Gasteiger partial charge in [-0.25, -0.2) is 4.63 Å². The van der Waals surface area contributed by atoms with Gasteiger partial charge in [-0.3, -0.25) is 14.7 Å². The fourth-order valence-corrected chi connectivity index (χ4v) is 3.62. The molecule has 1 aliphatic rings. The fraction of sp³-hybridized carbons (Fsp3) is 0.400. The lowest BCUT2D eigenvalue weighted by atomic mass is 9.95. The van der Waals surface area contributed by atoms with Crippen LogP contribution in [0.15, 0.2) is 47.2 Å². The van der Waals surface area contributed by atoms with E-state index < -0.39 is 0 Å². The second-order valence-electron chi connectivity index (χ2n) is 7.09. The molecule has 0 saturated carbocycles. The van der Waals surface area contributed by atoms with Crippen LogP contribution in [0.2, 0.25) is 0 Å². The monoisotopic (exact) mass is 365 g/mol. The van der Waals surface area contributed by atoms with Crippen LogP contribution in [0.1, 0.15) is 41.9 Å². The zero-order valence-corrected chi connectivity index (χ0v) is 15.3. The first-order valence-corrected chi connectivity index (χ1v) is 9.36. The van der Waals surface area contributed by atoms with E-state index in [9.17, 15) is 4.79 Å². The number of nitrogens with zero attached hydrogens (tertiary/aromatic N) is 4. The molecule has 0 spiro atoms. The summed E-state index contributed by atoms with van der Waals surface area (Å²) in [6, 6.07) is 11.6. The topological polar surface area (TPSA) is 84.2 Å². The molecule has 1 aromatic carbocycles. The number of nitrogens with one attached hydrogen (secondary N) is 1. The summed E-state index contributed by atoms with van der Waals surface area (Å²) in [4.78, 5) is 19.3. The van der Waals surface area contributed by atoms with Gasteiger partial charge in [-0.15, -0.1) is 0 Å². The molecule has 0 bridgehead atoms. The average Bonchev–Trinajstić information content (AvgIpc) is 3.20. The minimum atomic E-state index is -0.0795. The number of benzene rings is 1. The van der Waals surface area contributed by atoms with Gasteiger partial charge in [0.05, 0.1) is 5.69 Å². The number of piperidine rings is 1. The van der Waals surface area contributed by atoms with Crippen molar-refractivity contribution in [2.75, 3.05) is 19.6 Å². The summed E-state index contributed by atoms with van der Waals surface area (Å²) in [7, 11) is 0. The zero-order chi connectivity index (χ0) is 18.6. The van der Waals surface area contributed by atoms with Crippen molar-refractivity contribution in [3.8, 4) is 0 Å². The third-order valence-corrected chi connectivity index (χ3v) is 5.38. The van der Waals surface area contributed by atoms with E-state index in [0.29, 0.717) is 35.1 Å². The molecule has 3 aromatic rings. The van der Waals surface area contributed by atoms with Crippen LogP contribution in [-0.4, -0.2) is 45.7 Å². The predicted octanol–water partition coefficient (Wildman–Crippen LogP) is 2.82. The fourth-order valence-electron chi connectivity index (χ4n) is 3.62. The zero-order valence-electron chi connectivity index (χ0n) is 15.3. The van der Waals surface area contributed by atoms with E-state index in [4.69, 9.17) is 0 Å². The van der Waals surface area contributed by atoms with E-state index >= 15 is 0 Å². The molecule has 4 rings (SSSR count). The second kappa shape index (κ2) is 7.84. The van der Waals surface area contributed by atoms with Crippen LogP contribution >= 0.6 is 0 Å². The highest BCUT2D eigenvalue weighted by Crippen LogP contribution is 2.25. The molecule has 7 heteroatoms. The van der Waals surface area contributed by atoms with Gasteiger partial charge in [0.15, 0.2) is 0 Å². The van der Waals surface area contributed by atoms with E-state index in [1.54, 1.807) is 18.2 Å². The Kier molecular flexibility index (Phi) is 5.11. The van der Waals surface area contributed by atoms with Crippen molar-refractivity contribution < 1.29 is 9.42 Å². The Balaban J connectivity index is 1.27. The molecule has 1 N–H and O–H groups in total. The van der Waals surface area contributed by atoms with Gasteiger partial charge in [-0.05, 0) is 79.4 Å². The van der Waals surface area contributed by atoms with Crippen molar-refractivity contribution in [1.29, 1.82) is 0 Å². The van der Waals surface area contributed by atoms with Gasteiger partial charge in [-0.1, -0.05) is 6.07 Å². The first-order chi connectivity index (χ1) is 13.2. The molecule has 1 atom stereocenters. The number of likely N-dealkylation sites (tertiary alicyclic amines) is 1. The highest BCUT2D eigenvalue weighted by atomic mass is 16.6. The van der Waals surface area contributed by atoms with Crippen molar-refractivity contribution in [2.24, 2.45) is 5.92 Å². The lowest BCUT2D eigenvalue weighted by molar-refractivity contribution is 0.0926. The second-order valence-corrected chi connectivity index (χ2v) is 7.09. The van der Waals surface area contributed by atoms with Crippen molar-refractivity contribution in [3.05, 3.63) is 53.9 Å². The number of hydrogen-bond acceptors (Lipinski definition) is 6. The molecular weight excluding hydrogens is 342 g/mol. The van der Waals surface area contributed by atoms with Gasteiger partial charge in [-0.2, -0.15) is 0 Å². The molecule has 1 aliphatic heterocycles. The first-order valence-electron chi connectivity index (χ1n) is 9.36. The van der Waals surface area contributed by atoms with Crippen LogP contribution < -0.4 is 5.32 Å². The lowest BCUT2D eigenvalue weighted by Gasteiger charge is -2.35. The standard InChI is InChI=1S/C20H23N5O2/c1-14(17-4-2-3-9-21-17)25-10-7-15(8-11-25)13-22-20(26)16-5-6-18-19(12-16)24-27-23-18/h2-6,9,12,14-15H,7-8,10-11,13H2,1H3,(H,22,26). The lowest BCUT2D eigenvalue weighted by Crippen LogP contribution is -2.39. The summed E-state index contributed by atoms with van der Waals surface area (Å²) in [5.41, 5.74) is 2.95. The van der Waals surface area contributed by atoms with Crippen molar-refractivity contribution in [1.82, 2.24) is 25.5 Å². The van der Waals surface area contributed by atoms with E-state index in [0.717, 1.165) is 31.6 Å². The smallest absolute Gasteiger partial charge is 0.251 e. The molecule has 1 saturated heterocycles. The highest BCUT2D eigenvalue weighted by Gasteiger charge is 2.24. The normalized spacial score (nSPS) is 17.1. The summed E-state index contributed by atoms with van der Waals surface area (Å²) in [5, 5.41) is 10.6. The largest absolute Gasteiger partial charge is 0.352 e. The van der Waals surface area contributed by atoms with Gasteiger partial charge in [0.25, 0.3) is 5.91 Å². The average molecular weight is 365 g/mol. The minimum absolute atomic E-state index is 0.0795. The van der Waals surface area contributed by atoms with Crippen molar-refractivity contribution in [2.45, 2.75) is 25.8 Å². The van der Waals surface area contributed by atoms with Crippen LogP contribution in [0.3, 0.4) is 0 Å². The van der Waals surface area contributed by atoms with Gasteiger partial charge in [0, 0.05) is 24.3 Å². The molecule has 1 amide bonds. The van der Waals surface area contributed by atoms with E-state index in [1.165, 1.54) is 0 Å². The molecular formula is C20H23N5O2. The Morgan fingerprint density at radius 2 is 2.04 bits per heavy atom. The summed E-state index contributed by atoms with van der Waals surface area (Å²) in [6.45, 7) is 4.95. The number of amides is 1. The quantitative estimate of drug-likeness (QED) is 0.748. The number of hydrogen-bond donors (Lipinski definition) is 1. The molecule has 27 heavy (non-hydrogen) atoms. The van der Waals surface area contributed by atoms with E-state index in [1.807, 2.05) is 18.3 Å². The number of carbonyl (C=O) groups is 1. The molecule has 0 aliphatic carbocycles. The molecule has 1 unspecified atom stereocenters. The third-order valence-electron chi connectivity index (χ3n) is 5.38. The van der Waals surface area contributed by atoms with Crippen molar-refractivity contribution >= 4 is 16.9 Å². The van der Waals surface area contributed by atoms with Gasteiger partial charge < -0.3 is 5.32 Å². The van der Waals surface area contributed by atoms with Crippen LogP contribution in [0, 0.1) is 5.92 Å². The van der Waals surface area contributed by atoms with Crippen LogP contribution in [0.4, 0.5) is 0 Å². The third kappa shape index (κ3) is 3.98. The first kappa shape index (κ1) is 17.6. The maximum atomic E-state index is 12.4. The van der Waals surface area contributed by atoms with Crippen LogP contribution in [0.5, 0.6) is 0 Å². The van der Waals surface area contributed by atoms with E-state index in [2.05, 4.69) is 43.1 Å². The Bertz CT molecular complexity index is 903. The van der Waals surface area contributed by atoms with Gasteiger partial charge in [0.2, 0.25) is 0 Å². The van der Waals surface area contributed by atoms with Crippen LogP contribution in [-0.2, 0) is 0 Å². The predicted molar refractivity (Wildman–Crippen MR) is 101 cm³/mol. The number of fused-ring (bicyclic) bond motifs is 1. The number of aromatic nitrogens is 3. The van der Waals surface area contributed by atoms with Gasteiger partial charge >= 0.3 is 0 Å². The maximum Gasteiger partial charge on any atom is 0.251 e. The molecule has 2 aromatic heterocycles. The summed E-state index contributed by atoms with van der Waals surface area (Å²) in [6.07, 6.45) is 3.99. The van der Waals surface area contributed by atoms with E-state index in [-0.39, 0.29) is 5.91 Å². The van der Waals surface area contributed by atoms with Crippen molar-refractivity contribution in [3.63, 3.8) is 0 Å². The number of carbonyl (C=O) groups excluding carboxylic acids is 1. The Morgan fingerprint density at radius 1 is 1.22 bits per heavy atom. The SMILES string of the molecule is CC(c1ccccn1)N1CCC(CNC(=O)c2ccc3nonc3c2)CC1. The molecule has 3 heterocycles. The Labute approximate surface area is 157 Å². The Morgan fingerprint density at radius 3 is 2.81 bits per heavy atom. The molecule has 0 radical (unpaired) electrons. The Hall–Kier alpha value is -2.80. The van der Waals surface area contributed by atoms with Crippen LogP contribution in [0.25, 0.3) is 11.0 Å². The molecule has 140 valence electrons. The summed E-state index contributed by atoms with van der Waals surface area (Å²) >= 11 is 0. The number of rotatable bonds is 5. The van der Waals surface area contributed by atoms with Gasteiger partial charge in [0.1, 0.15) is 11.0 Å². The summed E-state index contributed by atoms with van der Waals surface area (Å²) < 4.78 is 4.68. The molecule has 1 fully saturated rings. The maximum absolute atomic E-state index is 12.4.